The molecular formula is C18H32N6O. The van der Waals surface area contributed by atoms with Gasteiger partial charge in [-0.3, -0.25) is 4.99 Å². The third-order valence-electron chi connectivity index (χ3n) is 6.60. The van der Waals surface area contributed by atoms with E-state index in [0.717, 1.165) is 50.0 Å². The quantitative estimate of drug-likeness (QED) is 0.637. The zero-order valence-electron chi connectivity index (χ0n) is 16.4. The molecule has 7 heteroatoms. The monoisotopic (exact) mass is 348 g/mol. The second-order valence-electron chi connectivity index (χ2n) is 8.19. The molecule has 0 radical (unpaired) electrons. The fourth-order valence-electron chi connectivity index (χ4n) is 4.02. The van der Waals surface area contributed by atoms with Gasteiger partial charge >= 0.3 is 0 Å². The molecule has 1 aromatic heterocycles. The van der Waals surface area contributed by atoms with Crippen molar-refractivity contribution in [1.82, 2.24) is 25.4 Å². The molecule has 1 aromatic rings. The molecule has 1 aliphatic heterocycles. The van der Waals surface area contributed by atoms with Crippen molar-refractivity contribution in [2.75, 3.05) is 20.7 Å². The highest BCUT2D eigenvalue weighted by molar-refractivity contribution is 5.80. The first kappa shape index (κ1) is 18.2. The number of ether oxygens (including phenoxy) is 1. The molecule has 0 spiro atoms. The zero-order valence-corrected chi connectivity index (χ0v) is 16.4. The Balaban J connectivity index is 1.52. The first-order valence-electron chi connectivity index (χ1n) is 9.21. The van der Waals surface area contributed by atoms with E-state index in [0.29, 0.717) is 12.0 Å². The zero-order chi connectivity index (χ0) is 18.2. The maximum Gasteiger partial charge on any atom is 0.191 e. The minimum atomic E-state index is -0.0742. The molecule has 140 valence electrons. The number of nitrogens with zero attached hydrogens (tertiary/aromatic N) is 4. The Bertz CT molecular complexity index is 652. The Labute approximate surface area is 150 Å². The number of fused-ring (bicyclic) bond motifs is 1. The van der Waals surface area contributed by atoms with Gasteiger partial charge in [-0.25, -0.2) is 0 Å². The molecule has 25 heavy (non-hydrogen) atoms. The van der Waals surface area contributed by atoms with E-state index in [-0.39, 0.29) is 11.0 Å². The van der Waals surface area contributed by atoms with Gasteiger partial charge in [-0.15, -0.1) is 10.2 Å². The Hall–Kier alpha value is -1.63. The second kappa shape index (κ2) is 6.59. The van der Waals surface area contributed by atoms with Crippen molar-refractivity contribution in [3.63, 3.8) is 0 Å². The third-order valence-corrected chi connectivity index (χ3v) is 6.60. The van der Waals surface area contributed by atoms with Crippen molar-refractivity contribution in [1.29, 1.82) is 0 Å². The van der Waals surface area contributed by atoms with Crippen LogP contribution in [-0.2, 0) is 17.7 Å². The van der Waals surface area contributed by atoms with E-state index >= 15 is 0 Å². The van der Waals surface area contributed by atoms with E-state index in [1.54, 1.807) is 7.11 Å². The lowest BCUT2D eigenvalue weighted by molar-refractivity contribution is -0.176. The lowest BCUT2D eigenvalue weighted by atomic mass is 9.56. The predicted molar refractivity (Wildman–Crippen MR) is 98.7 cm³/mol. The van der Waals surface area contributed by atoms with Crippen LogP contribution >= 0.6 is 0 Å². The summed E-state index contributed by atoms with van der Waals surface area (Å²) in [5.74, 6) is 3.57. The molecule has 0 bridgehead atoms. The van der Waals surface area contributed by atoms with Gasteiger partial charge in [0.15, 0.2) is 5.96 Å². The number of rotatable bonds is 4. The Morgan fingerprint density at radius 3 is 2.76 bits per heavy atom. The smallest absolute Gasteiger partial charge is 0.191 e. The lowest BCUT2D eigenvalue weighted by Crippen LogP contribution is -2.69. The van der Waals surface area contributed by atoms with Gasteiger partial charge in [0, 0.05) is 45.1 Å². The molecular weight excluding hydrogens is 316 g/mol. The summed E-state index contributed by atoms with van der Waals surface area (Å²) in [6.45, 7) is 10.6. The summed E-state index contributed by atoms with van der Waals surface area (Å²) < 4.78 is 7.95. The summed E-state index contributed by atoms with van der Waals surface area (Å²) in [6, 6.07) is 0.363. The molecule has 3 unspecified atom stereocenters. The highest BCUT2D eigenvalue weighted by Gasteiger charge is 2.58. The number of guanidine groups is 1. The van der Waals surface area contributed by atoms with E-state index in [1.807, 2.05) is 14.0 Å². The summed E-state index contributed by atoms with van der Waals surface area (Å²) in [5.41, 5.74) is -0.00601. The number of aromatic nitrogens is 3. The molecule has 2 heterocycles. The molecule has 1 aliphatic carbocycles. The molecule has 2 N–H and O–H groups in total. The van der Waals surface area contributed by atoms with Crippen LogP contribution in [0, 0.1) is 18.3 Å². The van der Waals surface area contributed by atoms with Crippen LogP contribution in [0.4, 0.5) is 0 Å². The van der Waals surface area contributed by atoms with Crippen LogP contribution < -0.4 is 10.6 Å². The maximum atomic E-state index is 5.71. The number of aryl methyl sites for hydroxylation is 2. The minimum absolute atomic E-state index is 0.0682. The molecule has 0 amide bonds. The highest BCUT2D eigenvalue weighted by atomic mass is 16.5. The van der Waals surface area contributed by atoms with Gasteiger partial charge in [-0.2, -0.15) is 0 Å². The number of aliphatic imine (C=N–C) groups is 1. The predicted octanol–water partition coefficient (Wildman–Crippen LogP) is 1.52. The van der Waals surface area contributed by atoms with E-state index in [9.17, 15) is 0 Å². The van der Waals surface area contributed by atoms with E-state index in [4.69, 9.17) is 4.74 Å². The SMILES string of the molecule is CN=C(NCC1CCc2nnc(C)n2C1)NC1CC(C)(OC)C1(C)C. The summed E-state index contributed by atoms with van der Waals surface area (Å²) in [7, 11) is 3.63. The minimum Gasteiger partial charge on any atom is -0.378 e. The van der Waals surface area contributed by atoms with Gasteiger partial charge < -0.3 is 19.9 Å². The normalized spacial score (nSPS) is 31.2. The van der Waals surface area contributed by atoms with Crippen LogP contribution in [-0.4, -0.2) is 53.1 Å². The van der Waals surface area contributed by atoms with Gasteiger partial charge in [0.25, 0.3) is 0 Å². The number of hydrogen-bond donors (Lipinski definition) is 2. The van der Waals surface area contributed by atoms with Crippen LogP contribution in [0.25, 0.3) is 0 Å². The molecule has 7 nitrogen and oxygen atoms in total. The Kier molecular flexibility index (Phi) is 4.79. The lowest BCUT2D eigenvalue weighted by Gasteiger charge is -2.59. The van der Waals surface area contributed by atoms with Crippen molar-refractivity contribution in [3.05, 3.63) is 11.6 Å². The number of nitrogens with one attached hydrogen (secondary N) is 2. The molecule has 2 aliphatic rings. The third kappa shape index (κ3) is 3.14. The first-order chi connectivity index (χ1) is 11.8. The fourth-order valence-corrected chi connectivity index (χ4v) is 4.02. The first-order valence-corrected chi connectivity index (χ1v) is 9.21. The van der Waals surface area contributed by atoms with Crippen molar-refractivity contribution in [2.45, 2.75) is 65.1 Å². The number of hydrogen-bond acceptors (Lipinski definition) is 4. The standard InChI is InChI=1S/C18H32N6O/c1-12-22-23-15-8-7-13(11-24(12)15)10-20-16(19-5)21-14-9-18(4,25-6)17(14,2)3/h13-14H,7-11H2,1-6H3,(H2,19,20,21). The number of methoxy groups -OCH3 is 1. The summed E-state index contributed by atoms with van der Waals surface area (Å²) in [5, 5.41) is 15.5. The fraction of sp³-hybridized carbons (Fsp3) is 0.833. The van der Waals surface area contributed by atoms with Crippen LogP contribution in [0.1, 0.15) is 45.3 Å². The van der Waals surface area contributed by atoms with E-state index < -0.39 is 0 Å². The van der Waals surface area contributed by atoms with E-state index in [1.165, 1.54) is 0 Å². The van der Waals surface area contributed by atoms with Crippen LogP contribution in [0.3, 0.4) is 0 Å². The average molecular weight is 348 g/mol. The van der Waals surface area contributed by atoms with Crippen molar-refractivity contribution in [3.8, 4) is 0 Å². The van der Waals surface area contributed by atoms with Crippen LogP contribution in [0.15, 0.2) is 4.99 Å². The molecule has 0 saturated heterocycles. The molecule has 1 fully saturated rings. The van der Waals surface area contributed by atoms with Gasteiger partial charge in [0.2, 0.25) is 0 Å². The maximum absolute atomic E-state index is 5.71. The van der Waals surface area contributed by atoms with Crippen molar-refractivity contribution in [2.24, 2.45) is 16.3 Å². The topological polar surface area (TPSA) is 76.4 Å². The summed E-state index contributed by atoms with van der Waals surface area (Å²) >= 11 is 0. The highest BCUT2D eigenvalue weighted by Crippen LogP contribution is 2.51. The van der Waals surface area contributed by atoms with Gasteiger partial charge in [0.1, 0.15) is 11.6 Å². The van der Waals surface area contributed by atoms with Gasteiger partial charge in [-0.05, 0) is 32.6 Å². The van der Waals surface area contributed by atoms with Crippen molar-refractivity contribution >= 4 is 5.96 Å². The summed E-state index contributed by atoms with van der Waals surface area (Å²) in [4.78, 5) is 4.41. The van der Waals surface area contributed by atoms with Gasteiger partial charge in [-0.1, -0.05) is 13.8 Å². The van der Waals surface area contributed by atoms with Crippen LogP contribution in [0.5, 0.6) is 0 Å². The van der Waals surface area contributed by atoms with E-state index in [2.05, 4.69) is 51.2 Å². The Morgan fingerprint density at radius 1 is 1.36 bits per heavy atom. The van der Waals surface area contributed by atoms with Crippen LogP contribution in [0.2, 0.25) is 0 Å². The Morgan fingerprint density at radius 2 is 2.12 bits per heavy atom. The molecule has 1 saturated carbocycles. The molecule has 3 atom stereocenters. The van der Waals surface area contributed by atoms with Crippen molar-refractivity contribution < 1.29 is 4.74 Å². The second-order valence-corrected chi connectivity index (χ2v) is 8.19. The average Bonchev–Trinajstić information content (AvgIpc) is 2.97. The molecule has 0 aromatic carbocycles. The van der Waals surface area contributed by atoms with Gasteiger partial charge in [0.05, 0.1) is 5.60 Å². The molecule has 3 rings (SSSR count). The largest absolute Gasteiger partial charge is 0.378 e. The summed E-state index contributed by atoms with van der Waals surface area (Å²) in [6.07, 6.45) is 3.13.